The summed E-state index contributed by atoms with van der Waals surface area (Å²) in [5, 5.41) is 16.2. The van der Waals surface area contributed by atoms with Crippen molar-refractivity contribution in [1.29, 1.82) is 0 Å². The van der Waals surface area contributed by atoms with Gasteiger partial charge in [-0.2, -0.15) is 11.8 Å². The van der Waals surface area contributed by atoms with Crippen LogP contribution in [0.25, 0.3) is 0 Å². The van der Waals surface area contributed by atoms with Gasteiger partial charge in [-0.05, 0) is 42.9 Å². The van der Waals surface area contributed by atoms with E-state index >= 15 is 0 Å². The fourth-order valence-electron chi connectivity index (χ4n) is 2.47. The number of aromatic nitrogens is 1. The van der Waals surface area contributed by atoms with Crippen LogP contribution in [0.15, 0.2) is 18.3 Å². The number of carbonyl (C=O) groups excluding carboxylic acids is 1. The topological polar surface area (TPSA) is 74.2 Å². The Kier molecular flexibility index (Phi) is 6.35. The van der Waals surface area contributed by atoms with Crippen LogP contribution in [0.4, 0.5) is 5.69 Å². The second-order valence-corrected chi connectivity index (χ2v) is 7.07. The third-order valence-corrected chi connectivity index (χ3v) is 5.24. The molecule has 1 aromatic rings. The Morgan fingerprint density at radius 3 is 2.86 bits per heavy atom. The molecule has 1 aromatic heterocycles. The molecular weight excluding hydrogens is 322 g/mol. The Morgan fingerprint density at radius 1 is 1.55 bits per heavy atom. The molecular formula is C15H22ClN3O2S. The summed E-state index contributed by atoms with van der Waals surface area (Å²) in [7, 11) is 0. The molecule has 5 nitrogen and oxygen atoms in total. The number of amides is 1. The molecule has 2 rings (SSSR count). The van der Waals surface area contributed by atoms with Crippen molar-refractivity contribution in [2.75, 3.05) is 23.4 Å². The lowest BCUT2D eigenvalue weighted by Crippen LogP contribution is -2.57. The minimum absolute atomic E-state index is 0.0244. The molecule has 1 fully saturated rings. The number of halogens is 1. The summed E-state index contributed by atoms with van der Waals surface area (Å²) >= 11 is 7.88. The van der Waals surface area contributed by atoms with Gasteiger partial charge in [-0.3, -0.25) is 4.79 Å². The first-order chi connectivity index (χ1) is 10.6. The highest BCUT2D eigenvalue weighted by molar-refractivity contribution is 7.99. The van der Waals surface area contributed by atoms with E-state index in [1.807, 2.05) is 18.7 Å². The fraction of sp³-hybridized carbons (Fsp3) is 0.600. The molecule has 2 heterocycles. The summed E-state index contributed by atoms with van der Waals surface area (Å²) in [6, 6.07) is 3.16. The predicted octanol–water partition coefficient (Wildman–Crippen LogP) is 2.30. The van der Waals surface area contributed by atoms with Crippen LogP contribution in [0.5, 0.6) is 0 Å². The van der Waals surface area contributed by atoms with Gasteiger partial charge in [-0.25, -0.2) is 4.98 Å². The van der Waals surface area contributed by atoms with Crippen LogP contribution in [0.1, 0.15) is 26.2 Å². The van der Waals surface area contributed by atoms with Crippen molar-refractivity contribution in [3.63, 3.8) is 0 Å². The van der Waals surface area contributed by atoms with Gasteiger partial charge < -0.3 is 15.7 Å². The van der Waals surface area contributed by atoms with E-state index in [2.05, 4.69) is 15.6 Å². The van der Waals surface area contributed by atoms with Crippen LogP contribution in [0.2, 0.25) is 5.15 Å². The van der Waals surface area contributed by atoms with Crippen molar-refractivity contribution in [2.24, 2.45) is 0 Å². The van der Waals surface area contributed by atoms with Crippen LogP contribution in [-0.2, 0) is 4.79 Å². The van der Waals surface area contributed by atoms with E-state index < -0.39 is 11.6 Å². The Morgan fingerprint density at radius 2 is 2.27 bits per heavy atom. The molecule has 7 heteroatoms. The fourth-order valence-corrected chi connectivity index (χ4v) is 3.92. The van der Waals surface area contributed by atoms with E-state index in [0.29, 0.717) is 17.3 Å². The van der Waals surface area contributed by atoms with Crippen LogP contribution >= 0.6 is 23.4 Å². The number of aliphatic hydroxyl groups is 1. The molecule has 1 saturated heterocycles. The van der Waals surface area contributed by atoms with Gasteiger partial charge in [0.1, 0.15) is 6.04 Å². The molecule has 1 aliphatic heterocycles. The van der Waals surface area contributed by atoms with Crippen LogP contribution in [0, 0.1) is 0 Å². The lowest BCUT2D eigenvalue weighted by Gasteiger charge is -2.37. The SMILES string of the molecule is CCC(Nc1cccnc1Cl)C(=O)NC1(CO)CCSCC1. The number of rotatable bonds is 6. The molecule has 0 bridgehead atoms. The van der Waals surface area contributed by atoms with Gasteiger partial charge in [0.15, 0.2) is 5.15 Å². The van der Waals surface area contributed by atoms with E-state index in [4.69, 9.17) is 11.6 Å². The number of thioether (sulfide) groups is 1. The lowest BCUT2D eigenvalue weighted by atomic mass is 9.92. The van der Waals surface area contributed by atoms with E-state index in [1.165, 1.54) is 0 Å². The number of hydrogen-bond acceptors (Lipinski definition) is 5. The van der Waals surface area contributed by atoms with Crippen LogP contribution in [-0.4, -0.2) is 45.7 Å². The maximum Gasteiger partial charge on any atom is 0.242 e. The number of anilines is 1. The normalized spacial score (nSPS) is 18.5. The van der Waals surface area contributed by atoms with Crippen molar-refractivity contribution in [2.45, 2.75) is 37.8 Å². The quantitative estimate of drug-likeness (QED) is 0.691. The highest BCUT2D eigenvalue weighted by Crippen LogP contribution is 2.27. The second-order valence-electron chi connectivity index (χ2n) is 5.49. The van der Waals surface area contributed by atoms with Crippen molar-refractivity contribution >= 4 is 35.0 Å². The molecule has 0 radical (unpaired) electrons. The molecule has 3 N–H and O–H groups in total. The van der Waals surface area contributed by atoms with E-state index in [1.54, 1.807) is 18.3 Å². The highest BCUT2D eigenvalue weighted by atomic mass is 35.5. The molecule has 1 unspecified atom stereocenters. The molecule has 1 aliphatic rings. The summed E-state index contributed by atoms with van der Waals surface area (Å²) < 4.78 is 0. The zero-order valence-corrected chi connectivity index (χ0v) is 14.2. The molecule has 0 spiro atoms. The number of hydrogen-bond donors (Lipinski definition) is 3. The summed E-state index contributed by atoms with van der Waals surface area (Å²) in [4.78, 5) is 16.6. The number of carbonyl (C=O) groups is 1. The molecule has 122 valence electrons. The van der Waals surface area contributed by atoms with Crippen molar-refractivity contribution in [3.8, 4) is 0 Å². The number of aliphatic hydroxyl groups excluding tert-OH is 1. The molecule has 22 heavy (non-hydrogen) atoms. The standard InChI is InChI=1S/C15H22ClN3O2S/c1-2-11(18-12-4-3-7-17-13(12)16)14(21)19-15(10-20)5-8-22-9-6-15/h3-4,7,11,18,20H,2,5-6,8-10H2,1H3,(H,19,21). The zero-order valence-electron chi connectivity index (χ0n) is 12.6. The lowest BCUT2D eigenvalue weighted by molar-refractivity contribution is -0.124. The van der Waals surface area contributed by atoms with Crippen molar-refractivity contribution < 1.29 is 9.90 Å². The summed E-state index contributed by atoms with van der Waals surface area (Å²) in [5.74, 6) is 1.81. The first-order valence-electron chi connectivity index (χ1n) is 7.48. The van der Waals surface area contributed by atoms with Gasteiger partial charge in [-0.1, -0.05) is 18.5 Å². The predicted molar refractivity (Wildman–Crippen MR) is 91.5 cm³/mol. The number of nitrogens with one attached hydrogen (secondary N) is 2. The average molecular weight is 344 g/mol. The largest absolute Gasteiger partial charge is 0.394 e. The number of pyridine rings is 1. The first kappa shape index (κ1) is 17.4. The van der Waals surface area contributed by atoms with Crippen LogP contribution < -0.4 is 10.6 Å². The molecule has 0 aliphatic carbocycles. The Labute approximate surface area is 140 Å². The van der Waals surface area contributed by atoms with Gasteiger partial charge in [0.05, 0.1) is 17.8 Å². The monoisotopic (exact) mass is 343 g/mol. The summed E-state index contributed by atoms with van der Waals surface area (Å²) in [5.41, 5.74) is 0.152. The van der Waals surface area contributed by atoms with Gasteiger partial charge >= 0.3 is 0 Å². The van der Waals surface area contributed by atoms with Crippen molar-refractivity contribution in [3.05, 3.63) is 23.5 Å². The van der Waals surface area contributed by atoms with Crippen molar-refractivity contribution in [1.82, 2.24) is 10.3 Å². The minimum Gasteiger partial charge on any atom is -0.394 e. The third kappa shape index (κ3) is 4.27. The van der Waals surface area contributed by atoms with Gasteiger partial charge in [0.25, 0.3) is 0 Å². The second kappa shape index (κ2) is 8.04. The maximum atomic E-state index is 12.6. The minimum atomic E-state index is -0.490. The van der Waals surface area contributed by atoms with Gasteiger partial charge in [0.2, 0.25) is 5.91 Å². The van der Waals surface area contributed by atoms with E-state index in [0.717, 1.165) is 24.3 Å². The number of nitrogens with zero attached hydrogens (tertiary/aromatic N) is 1. The zero-order chi connectivity index (χ0) is 16.0. The summed E-state index contributed by atoms with van der Waals surface area (Å²) in [6.07, 6.45) is 3.82. The highest BCUT2D eigenvalue weighted by Gasteiger charge is 2.34. The molecule has 1 atom stereocenters. The van der Waals surface area contributed by atoms with Gasteiger partial charge in [-0.15, -0.1) is 0 Å². The first-order valence-corrected chi connectivity index (χ1v) is 9.01. The van der Waals surface area contributed by atoms with E-state index in [9.17, 15) is 9.90 Å². The third-order valence-electron chi connectivity index (χ3n) is 3.95. The van der Waals surface area contributed by atoms with Gasteiger partial charge in [0, 0.05) is 6.20 Å². The van der Waals surface area contributed by atoms with Crippen LogP contribution in [0.3, 0.4) is 0 Å². The Balaban J connectivity index is 2.03. The Hall–Kier alpha value is -0.980. The average Bonchev–Trinajstić information content (AvgIpc) is 2.55. The summed E-state index contributed by atoms with van der Waals surface area (Å²) in [6.45, 7) is 1.91. The Bertz CT molecular complexity index is 509. The van der Waals surface area contributed by atoms with E-state index in [-0.39, 0.29) is 12.5 Å². The molecule has 1 amide bonds. The molecule has 0 saturated carbocycles. The molecule has 0 aromatic carbocycles. The maximum absolute atomic E-state index is 12.6. The smallest absolute Gasteiger partial charge is 0.242 e.